The lowest BCUT2D eigenvalue weighted by atomic mass is 9.57. The Bertz CT molecular complexity index is 845. The van der Waals surface area contributed by atoms with E-state index in [4.69, 9.17) is 4.74 Å². The summed E-state index contributed by atoms with van der Waals surface area (Å²) in [6.07, 6.45) is 6.83. The number of carbonyl (C=O) groups excluding carboxylic acids is 1. The van der Waals surface area contributed by atoms with Crippen molar-refractivity contribution in [3.63, 3.8) is 0 Å². The Hall–Kier alpha value is -1.23. The summed E-state index contributed by atoms with van der Waals surface area (Å²) in [7, 11) is 1.54. The van der Waals surface area contributed by atoms with Gasteiger partial charge in [0.05, 0.1) is 18.6 Å². The van der Waals surface area contributed by atoms with Gasteiger partial charge >= 0.3 is 5.97 Å². The van der Waals surface area contributed by atoms with Gasteiger partial charge in [-0.25, -0.2) is 0 Å². The van der Waals surface area contributed by atoms with E-state index in [9.17, 15) is 4.79 Å². The van der Waals surface area contributed by atoms with Gasteiger partial charge in [0.2, 0.25) is 0 Å². The molecular formula is C21H26Cl2N2O2. The highest BCUT2D eigenvalue weighted by atomic mass is 35.5. The molecule has 0 radical (unpaired) electrons. The maximum absolute atomic E-state index is 12.9. The van der Waals surface area contributed by atoms with Crippen LogP contribution in [0.4, 0.5) is 5.69 Å². The largest absolute Gasteiger partial charge is 0.469 e. The van der Waals surface area contributed by atoms with Crippen LogP contribution in [-0.4, -0.2) is 42.6 Å². The molecular weight excluding hydrogens is 383 g/mol. The SMILES string of the molecule is COC(=O)C1CC23C=CCN4CCC5(c6ccccc6NC15C2C)C43.Cl.Cl. The van der Waals surface area contributed by atoms with E-state index >= 15 is 0 Å². The van der Waals surface area contributed by atoms with Crippen LogP contribution in [0.2, 0.25) is 0 Å². The van der Waals surface area contributed by atoms with E-state index in [0.29, 0.717) is 12.0 Å². The summed E-state index contributed by atoms with van der Waals surface area (Å²) in [4.78, 5) is 15.6. The van der Waals surface area contributed by atoms with Crippen LogP contribution in [0.1, 0.15) is 25.3 Å². The summed E-state index contributed by atoms with van der Waals surface area (Å²) in [5.41, 5.74) is 2.53. The minimum absolute atomic E-state index is 0. The molecule has 3 fully saturated rings. The molecule has 0 amide bonds. The number of hydrogen-bond acceptors (Lipinski definition) is 4. The van der Waals surface area contributed by atoms with Crippen LogP contribution in [-0.2, 0) is 14.9 Å². The van der Waals surface area contributed by atoms with Crippen LogP contribution < -0.4 is 5.32 Å². The molecule has 27 heavy (non-hydrogen) atoms. The third-order valence-electron chi connectivity index (χ3n) is 8.47. The van der Waals surface area contributed by atoms with E-state index in [1.54, 1.807) is 0 Å². The number of methoxy groups -OCH3 is 1. The highest BCUT2D eigenvalue weighted by molar-refractivity contribution is 5.85. The average molecular weight is 409 g/mol. The highest BCUT2D eigenvalue weighted by Crippen LogP contribution is 2.78. The number of esters is 1. The number of benzene rings is 1. The van der Waals surface area contributed by atoms with Gasteiger partial charge in [-0.2, -0.15) is 0 Å². The smallest absolute Gasteiger partial charge is 0.311 e. The maximum Gasteiger partial charge on any atom is 0.311 e. The fourth-order valence-electron chi connectivity index (χ4n) is 7.93. The molecule has 3 spiro atoms. The van der Waals surface area contributed by atoms with E-state index < -0.39 is 0 Å². The lowest BCUT2D eigenvalue weighted by Gasteiger charge is -2.50. The van der Waals surface area contributed by atoms with Crippen LogP contribution in [0.25, 0.3) is 0 Å². The summed E-state index contributed by atoms with van der Waals surface area (Å²) in [5, 5.41) is 3.92. The summed E-state index contributed by atoms with van der Waals surface area (Å²) >= 11 is 0. The van der Waals surface area contributed by atoms with Crippen LogP contribution in [0.15, 0.2) is 36.4 Å². The first kappa shape index (κ1) is 19.1. The van der Waals surface area contributed by atoms with Crippen molar-refractivity contribution in [2.24, 2.45) is 17.3 Å². The molecule has 1 saturated heterocycles. The highest BCUT2D eigenvalue weighted by Gasteiger charge is 2.85. The summed E-state index contributed by atoms with van der Waals surface area (Å²) < 4.78 is 5.30. The predicted octanol–water partition coefficient (Wildman–Crippen LogP) is 3.41. The number of para-hydroxylation sites is 1. The number of carbonyl (C=O) groups is 1. The number of anilines is 1. The van der Waals surface area contributed by atoms with E-state index in [0.717, 1.165) is 25.9 Å². The second-order valence-corrected chi connectivity index (χ2v) is 8.67. The van der Waals surface area contributed by atoms with Crippen molar-refractivity contribution >= 4 is 36.5 Å². The van der Waals surface area contributed by atoms with E-state index in [1.807, 2.05) is 0 Å². The third-order valence-corrected chi connectivity index (χ3v) is 8.47. The zero-order valence-electron chi connectivity index (χ0n) is 15.6. The summed E-state index contributed by atoms with van der Waals surface area (Å²) in [5.74, 6) is 0.277. The minimum atomic E-state index is -0.224. The number of fused-ring (bicyclic) bond motifs is 1. The van der Waals surface area contributed by atoms with E-state index in [2.05, 4.69) is 53.6 Å². The average Bonchev–Trinajstić information content (AvgIpc) is 3.29. The molecule has 0 aromatic heterocycles. The van der Waals surface area contributed by atoms with Gasteiger partial charge in [0.1, 0.15) is 0 Å². The second-order valence-electron chi connectivity index (χ2n) is 8.67. The van der Waals surface area contributed by atoms with Gasteiger partial charge in [-0.3, -0.25) is 9.69 Å². The Balaban J connectivity index is 0.000000900. The van der Waals surface area contributed by atoms with Crippen LogP contribution in [0, 0.1) is 17.3 Å². The van der Waals surface area contributed by atoms with Crippen molar-refractivity contribution in [1.29, 1.82) is 0 Å². The van der Waals surface area contributed by atoms with Gasteiger partial charge in [0, 0.05) is 29.1 Å². The molecule has 1 N–H and O–H groups in total. The van der Waals surface area contributed by atoms with Crippen molar-refractivity contribution in [3.05, 3.63) is 42.0 Å². The van der Waals surface area contributed by atoms with Gasteiger partial charge in [-0.15, -0.1) is 24.8 Å². The van der Waals surface area contributed by atoms with Gasteiger partial charge in [-0.1, -0.05) is 37.3 Å². The van der Waals surface area contributed by atoms with E-state index in [-0.39, 0.29) is 53.1 Å². The first-order valence-corrected chi connectivity index (χ1v) is 9.49. The molecule has 6 heteroatoms. The Kier molecular flexibility index (Phi) is 4.00. The lowest BCUT2D eigenvalue weighted by molar-refractivity contribution is -0.149. The Morgan fingerprint density at radius 1 is 1.30 bits per heavy atom. The molecule has 6 rings (SSSR count). The second kappa shape index (κ2) is 5.65. The summed E-state index contributed by atoms with van der Waals surface area (Å²) in [6, 6.07) is 9.25. The Morgan fingerprint density at radius 2 is 2.07 bits per heavy atom. The van der Waals surface area contributed by atoms with Gasteiger partial charge in [0.25, 0.3) is 0 Å². The van der Waals surface area contributed by atoms with Crippen molar-refractivity contribution < 1.29 is 9.53 Å². The van der Waals surface area contributed by atoms with Gasteiger partial charge < -0.3 is 10.1 Å². The van der Waals surface area contributed by atoms with Crippen molar-refractivity contribution in [2.75, 3.05) is 25.5 Å². The molecule has 1 aromatic carbocycles. The Labute approximate surface area is 172 Å². The monoisotopic (exact) mass is 408 g/mol. The molecule has 146 valence electrons. The minimum Gasteiger partial charge on any atom is -0.469 e. The molecule has 6 unspecified atom stereocenters. The zero-order valence-corrected chi connectivity index (χ0v) is 17.2. The number of rotatable bonds is 1. The molecule has 5 aliphatic rings. The zero-order chi connectivity index (χ0) is 17.0. The predicted molar refractivity (Wildman–Crippen MR) is 110 cm³/mol. The van der Waals surface area contributed by atoms with Crippen LogP contribution >= 0.6 is 24.8 Å². The topological polar surface area (TPSA) is 41.6 Å². The van der Waals surface area contributed by atoms with Crippen molar-refractivity contribution in [2.45, 2.75) is 36.8 Å². The first-order valence-electron chi connectivity index (χ1n) is 9.49. The number of ether oxygens (including phenoxy) is 1. The number of nitrogens with one attached hydrogen (secondary N) is 1. The third kappa shape index (κ3) is 1.67. The molecule has 1 aromatic rings. The standard InChI is InChI=1S/C21H24N2O2.2ClH/c1-13-19-8-5-10-23-11-9-20(18(19)23)14-6-3-4-7-16(14)22-21(13,20)15(12-19)17(24)25-2;;/h3-8,13,15,18,22H,9-12H2,1-2H3;2*1H. The van der Waals surface area contributed by atoms with Gasteiger partial charge in [-0.05, 0) is 36.9 Å². The van der Waals surface area contributed by atoms with Crippen LogP contribution in [0.5, 0.6) is 0 Å². The molecule has 2 saturated carbocycles. The van der Waals surface area contributed by atoms with Gasteiger partial charge in [0.15, 0.2) is 0 Å². The molecule has 6 atom stereocenters. The lowest BCUT2D eigenvalue weighted by Crippen LogP contribution is -2.63. The molecule has 2 aliphatic carbocycles. The van der Waals surface area contributed by atoms with Crippen LogP contribution in [0.3, 0.4) is 0 Å². The maximum atomic E-state index is 12.9. The number of nitrogens with zero attached hydrogens (tertiary/aromatic N) is 1. The molecule has 4 nitrogen and oxygen atoms in total. The molecule has 2 bridgehead atoms. The molecule has 3 aliphatic heterocycles. The number of halogens is 2. The first-order chi connectivity index (χ1) is 12.1. The van der Waals surface area contributed by atoms with Crippen molar-refractivity contribution in [1.82, 2.24) is 4.90 Å². The fourth-order valence-corrected chi connectivity index (χ4v) is 7.93. The molecule has 3 heterocycles. The number of hydrogen-bond donors (Lipinski definition) is 1. The quantitative estimate of drug-likeness (QED) is 0.570. The fraction of sp³-hybridized carbons (Fsp3) is 0.571. The van der Waals surface area contributed by atoms with Crippen molar-refractivity contribution in [3.8, 4) is 0 Å². The summed E-state index contributed by atoms with van der Waals surface area (Å²) in [6.45, 7) is 4.53. The van der Waals surface area contributed by atoms with E-state index in [1.165, 1.54) is 18.4 Å². The normalized spacial score (nSPS) is 44.4. The Morgan fingerprint density at radius 3 is 2.85 bits per heavy atom.